The molecule has 0 aromatic heterocycles. The first kappa shape index (κ1) is 35.6. The first-order valence-corrected chi connectivity index (χ1v) is 18.0. The molecule has 262 valence electrons. The molecular formula is C38H62O8. The van der Waals surface area contributed by atoms with Gasteiger partial charge in [0.05, 0.1) is 23.4 Å². The Balaban J connectivity index is 1.42. The molecule has 0 aromatic carbocycles. The third kappa shape index (κ3) is 5.73. The number of fused-ring (bicyclic) bond motifs is 5. The van der Waals surface area contributed by atoms with Gasteiger partial charge in [-0.2, -0.15) is 0 Å². The van der Waals surface area contributed by atoms with Crippen LogP contribution in [0.1, 0.15) is 140 Å². The molecule has 11 atom stereocenters. The molecule has 8 nitrogen and oxygen atoms in total. The predicted molar refractivity (Wildman–Crippen MR) is 174 cm³/mol. The van der Waals surface area contributed by atoms with Crippen LogP contribution in [0.2, 0.25) is 0 Å². The van der Waals surface area contributed by atoms with Crippen LogP contribution in [0.4, 0.5) is 0 Å². The highest BCUT2D eigenvalue weighted by atomic mass is 16.6. The fourth-order valence-electron chi connectivity index (χ4n) is 12.2. The Morgan fingerprint density at radius 3 is 2.09 bits per heavy atom. The van der Waals surface area contributed by atoms with E-state index in [9.17, 15) is 19.5 Å². The molecular weight excluding hydrogens is 584 g/mol. The molecule has 46 heavy (non-hydrogen) atoms. The number of aliphatic hydroxyl groups is 1. The number of ether oxygens (including phenoxy) is 4. The smallest absolute Gasteiger partial charge is 0.317 e. The molecule has 1 N–H and O–H groups in total. The molecule has 0 aromatic rings. The summed E-state index contributed by atoms with van der Waals surface area (Å²) in [5.41, 5.74) is -1.59. The summed E-state index contributed by atoms with van der Waals surface area (Å²) in [6.45, 7) is 22.9. The topological polar surface area (TPSA) is 108 Å². The Bertz CT molecular complexity index is 1200. The molecule has 0 bridgehead atoms. The van der Waals surface area contributed by atoms with Gasteiger partial charge in [-0.15, -0.1) is 0 Å². The zero-order valence-corrected chi connectivity index (χ0v) is 30.5. The average Bonchev–Trinajstić information content (AvgIpc) is 3.49. The van der Waals surface area contributed by atoms with E-state index in [4.69, 9.17) is 18.9 Å². The number of hydrogen-bond acceptors (Lipinski definition) is 8. The number of carbonyl (C=O) groups is 3. The highest BCUT2D eigenvalue weighted by molar-refractivity contribution is 5.91. The highest BCUT2D eigenvalue weighted by Crippen LogP contribution is 2.76. The molecule has 5 fully saturated rings. The van der Waals surface area contributed by atoms with Crippen LogP contribution in [0.25, 0.3) is 0 Å². The van der Waals surface area contributed by atoms with Crippen molar-refractivity contribution in [3.63, 3.8) is 0 Å². The van der Waals surface area contributed by atoms with Crippen molar-refractivity contribution in [2.75, 3.05) is 0 Å². The van der Waals surface area contributed by atoms with Gasteiger partial charge < -0.3 is 24.1 Å². The number of esters is 3. The summed E-state index contributed by atoms with van der Waals surface area (Å²) in [5.74, 6) is -0.214. The molecule has 1 saturated heterocycles. The highest BCUT2D eigenvalue weighted by Gasteiger charge is 2.72. The van der Waals surface area contributed by atoms with Gasteiger partial charge in [0.2, 0.25) is 0 Å². The quantitative estimate of drug-likeness (QED) is 0.176. The Hall–Kier alpha value is -1.67. The predicted octanol–water partition coefficient (Wildman–Crippen LogP) is 7.18. The molecule has 5 aliphatic rings. The summed E-state index contributed by atoms with van der Waals surface area (Å²) in [6.07, 6.45) is 7.10. The maximum atomic E-state index is 12.9. The van der Waals surface area contributed by atoms with Crippen LogP contribution >= 0.6 is 0 Å². The van der Waals surface area contributed by atoms with E-state index in [2.05, 4.69) is 41.5 Å². The maximum absolute atomic E-state index is 12.9. The van der Waals surface area contributed by atoms with Crippen LogP contribution in [0, 0.1) is 45.3 Å². The average molecular weight is 647 g/mol. The number of carbonyl (C=O) groups excluding carboxylic acids is 3. The monoisotopic (exact) mass is 646 g/mol. The van der Waals surface area contributed by atoms with Gasteiger partial charge in [-0.1, -0.05) is 34.6 Å². The van der Waals surface area contributed by atoms with Gasteiger partial charge in [0.25, 0.3) is 0 Å². The summed E-state index contributed by atoms with van der Waals surface area (Å²) in [5, 5.41) is 10.8. The summed E-state index contributed by atoms with van der Waals surface area (Å²) in [6, 6.07) is 0. The summed E-state index contributed by atoms with van der Waals surface area (Å²) < 4.78 is 24.4. The molecule has 5 rings (SSSR count). The third-order valence-electron chi connectivity index (χ3n) is 14.4. The minimum atomic E-state index is -0.900. The minimum Gasteiger partial charge on any atom is -0.463 e. The van der Waals surface area contributed by atoms with Crippen LogP contribution in [0.15, 0.2) is 0 Å². The first-order valence-electron chi connectivity index (χ1n) is 18.0. The summed E-state index contributed by atoms with van der Waals surface area (Å²) in [4.78, 5) is 37.8. The second-order valence-corrected chi connectivity index (χ2v) is 18.2. The van der Waals surface area contributed by atoms with E-state index in [1.165, 1.54) is 6.92 Å². The van der Waals surface area contributed by atoms with Crippen LogP contribution in [0.3, 0.4) is 0 Å². The second-order valence-electron chi connectivity index (χ2n) is 18.2. The maximum Gasteiger partial charge on any atom is 0.317 e. The molecule has 0 unspecified atom stereocenters. The van der Waals surface area contributed by atoms with E-state index in [0.29, 0.717) is 11.8 Å². The fourth-order valence-corrected chi connectivity index (χ4v) is 12.2. The zero-order chi connectivity index (χ0) is 34.3. The minimum absolute atomic E-state index is 0.0276. The van der Waals surface area contributed by atoms with Gasteiger partial charge in [0, 0.05) is 18.3 Å². The van der Waals surface area contributed by atoms with Crippen molar-refractivity contribution < 1.29 is 38.4 Å². The van der Waals surface area contributed by atoms with E-state index in [1.807, 2.05) is 13.8 Å². The third-order valence-corrected chi connectivity index (χ3v) is 14.4. The molecule has 0 spiro atoms. The molecule has 4 saturated carbocycles. The Morgan fingerprint density at radius 1 is 0.848 bits per heavy atom. The van der Waals surface area contributed by atoms with Gasteiger partial charge in [0.15, 0.2) is 0 Å². The van der Waals surface area contributed by atoms with E-state index >= 15 is 0 Å². The zero-order valence-electron chi connectivity index (χ0n) is 30.5. The molecule has 0 radical (unpaired) electrons. The van der Waals surface area contributed by atoms with Crippen molar-refractivity contribution in [2.24, 2.45) is 45.3 Å². The van der Waals surface area contributed by atoms with Gasteiger partial charge in [-0.3, -0.25) is 14.4 Å². The van der Waals surface area contributed by atoms with Gasteiger partial charge >= 0.3 is 17.9 Å². The van der Waals surface area contributed by atoms with Crippen molar-refractivity contribution in [3.05, 3.63) is 0 Å². The Morgan fingerprint density at radius 2 is 1.50 bits per heavy atom. The van der Waals surface area contributed by atoms with E-state index < -0.39 is 17.5 Å². The second kappa shape index (κ2) is 11.7. The van der Waals surface area contributed by atoms with Crippen LogP contribution in [-0.4, -0.2) is 58.6 Å². The fraction of sp³-hybridized carbons (Fsp3) is 0.921. The molecule has 0 amide bonds. The lowest BCUT2D eigenvalue weighted by atomic mass is 9.35. The van der Waals surface area contributed by atoms with E-state index in [-0.39, 0.29) is 75.9 Å². The molecule has 8 heteroatoms. The largest absolute Gasteiger partial charge is 0.463 e. The van der Waals surface area contributed by atoms with Crippen molar-refractivity contribution in [1.29, 1.82) is 0 Å². The van der Waals surface area contributed by atoms with Crippen molar-refractivity contribution in [1.82, 2.24) is 0 Å². The standard InChI is InChI=1S/C38H62O8/c1-22(2)43-30(40)21-31(41)45-28-14-16-35(8)26(33(28,4)5)13-18-36(9)27(35)20-25(44-23(3)39)32-24(12-17-37(32,36)10)38(11)19-15-29(46-38)34(6,7)42/h22,24-29,32,42H,12-21H2,1-11H3/t24-,25+,26-,27+,28+,29+,32-,35-,36+,37+,38-/m0/s1. The van der Waals surface area contributed by atoms with Crippen molar-refractivity contribution >= 4 is 17.9 Å². The van der Waals surface area contributed by atoms with Gasteiger partial charge in [0.1, 0.15) is 18.6 Å². The first-order chi connectivity index (χ1) is 21.1. The molecule has 1 heterocycles. The lowest BCUT2D eigenvalue weighted by Gasteiger charge is -2.70. The van der Waals surface area contributed by atoms with Gasteiger partial charge in [-0.25, -0.2) is 0 Å². The van der Waals surface area contributed by atoms with Crippen LogP contribution in [0.5, 0.6) is 0 Å². The van der Waals surface area contributed by atoms with Crippen molar-refractivity contribution in [2.45, 2.75) is 176 Å². The summed E-state index contributed by atoms with van der Waals surface area (Å²) >= 11 is 0. The molecule has 1 aliphatic heterocycles. The SMILES string of the molecule is CC(=O)O[C@@H]1C[C@@H]2[C@@]3(C)CC[C@@H](OC(=O)CC(=O)OC(C)C)C(C)(C)[C@@H]3CC[C@@]2(C)[C@]2(C)CC[C@H]([C@]3(C)CC[C@H](C(C)(C)O)O3)[C@@H]12. The number of hydrogen-bond donors (Lipinski definition) is 1. The van der Waals surface area contributed by atoms with E-state index in [0.717, 1.165) is 57.8 Å². The normalized spacial score (nSPS) is 44.9. The summed E-state index contributed by atoms with van der Waals surface area (Å²) in [7, 11) is 0. The van der Waals surface area contributed by atoms with Gasteiger partial charge in [-0.05, 0) is 126 Å². The van der Waals surface area contributed by atoms with Crippen molar-refractivity contribution in [3.8, 4) is 0 Å². The van der Waals surface area contributed by atoms with Crippen LogP contribution in [-0.2, 0) is 33.3 Å². The lowest BCUT2D eigenvalue weighted by molar-refractivity contribution is -0.254. The lowest BCUT2D eigenvalue weighted by Crippen LogP contribution is -2.67. The van der Waals surface area contributed by atoms with Crippen LogP contribution < -0.4 is 0 Å². The molecule has 4 aliphatic carbocycles. The number of rotatable bonds is 7. The Labute approximate surface area is 277 Å². The Kier molecular flexibility index (Phi) is 9.09. The van der Waals surface area contributed by atoms with E-state index in [1.54, 1.807) is 13.8 Å².